The fraction of sp³-hybridized carbons (Fsp3) is 0.316. The number of nitrogens with one attached hydrogen (secondary N) is 1. The molecule has 1 aromatic carbocycles. The van der Waals surface area contributed by atoms with Crippen LogP contribution >= 0.6 is 0 Å². The normalized spacial score (nSPS) is 11.5. The second-order valence-electron chi connectivity index (χ2n) is 6.97. The number of aromatic nitrogens is 3. The van der Waals surface area contributed by atoms with Crippen LogP contribution in [0.4, 0.5) is 0 Å². The molecule has 1 N–H and O–H groups in total. The number of oxazole rings is 1. The van der Waals surface area contributed by atoms with Crippen LogP contribution in [0.15, 0.2) is 47.0 Å². The molecule has 1 amide bonds. The Morgan fingerprint density at radius 3 is 2.60 bits per heavy atom. The summed E-state index contributed by atoms with van der Waals surface area (Å²) in [7, 11) is 0. The van der Waals surface area contributed by atoms with Crippen molar-refractivity contribution in [2.24, 2.45) is 0 Å². The van der Waals surface area contributed by atoms with Crippen molar-refractivity contribution in [1.29, 1.82) is 0 Å². The highest BCUT2D eigenvalue weighted by atomic mass is 16.4. The maximum absolute atomic E-state index is 12.4. The van der Waals surface area contributed by atoms with Gasteiger partial charge in [0.05, 0.1) is 18.4 Å². The number of carbonyl (C=O) groups is 1. The molecule has 0 saturated carbocycles. The summed E-state index contributed by atoms with van der Waals surface area (Å²) >= 11 is 0. The maximum Gasteiger partial charge on any atom is 0.272 e. The van der Waals surface area contributed by atoms with Gasteiger partial charge in [-0.25, -0.2) is 9.67 Å². The first kappa shape index (κ1) is 17.0. The summed E-state index contributed by atoms with van der Waals surface area (Å²) in [6.45, 7) is 8.30. The zero-order chi connectivity index (χ0) is 18.0. The quantitative estimate of drug-likeness (QED) is 0.791. The molecule has 0 aliphatic carbocycles. The number of para-hydroxylation sites is 1. The van der Waals surface area contributed by atoms with E-state index in [4.69, 9.17) is 4.42 Å². The van der Waals surface area contributed by atoms with Crippen molar-refractivity contribution in [2.75, 3.05) is 0 Å². The molecule has 130 valence electrons. The molecule has 25 heavy (non-hydrogen) atoms. The zero-order valence-electron chi connectivity index (χ0n) is 14.9. The van der Waals surface area contributed by atoms with Crippen LogP contribution in [0.1, 0.15) is 48.6 Å². The topological polar surface area (TPSA) is 73.0 Å². The Hall–Kier alpha value is -2.89. The maximum atomic E-state index is 12.4. The molecule has 0 unspecified atom stereocenters. The van der Waals surface area contributed by atoms with E-state index in [0.29, 0.717) is 11.6 Å². The van der Waals surface area contributed by atoms with Crippen LogP contribution < -0.4 is 5.32 Å². The number of amides is 1. The standard InChI is InChI=1S/C19H22N4O2/c1-13-10-15(22-23(13)14-8-6-5-7-9-14)18(24)21-12-17-20-11-16(25-17)19(2,3)4/h5-11H,12H2,1-4H3,(H,21,24). The van der Waals surface area contributed by atoms with E-state index < -0.39 is 0 Å². The van der Waals surface area contributed by atoms with Gasteiger partial charge in [0.1, 0.15) is 5.76 Å². The monoisotopic (exact) mass is 338 g/mol. The van der Waals surface area contributed by atoms with E-state index in [1.54, 1.807) is 16.9 Å². The van der Waals surface area contributed by atoms with Gasteiger partial charge in [-0.3, -0.25) is 4.79 Å². The smallest absolute Gasteiger partial charge is 0.272 e. The lowest BCUT2D eigenvalue weighted by Gasteiger charge is -2.13. The Labute approximate surface area is 146 Å². The molecule has 6 heteroatoms. The van der Waals surface area contributed by atoms with Gasteiger partial charge in [-0.15, -0.1) is 0 Å². The first-order valence-corrected chi connectivity index (χ1v) is 8.20. The van der Waals surface area contributed by atoms with Crippen LogP contribution in [-0.2, 0) is 12.0 Å². The minimum absolute atomic E-state index is 0.110. The average Bonchev–Trinajstić information content (AvgIpc) is 3.20. The molecule has 0 aliphatic rings. The minimum atomic E-state index is -0.256. The lowest BCUT2D eigenvalue weighted by atomic mass is 9.94. The predicted molar refractivity (Wildman–Crippen MR) is 94.7 cm³/mol. The summed E-state index contributed by atoms with van der Waals surface area (Å²) in [5.41, 5.74) is 2.06. The number of carbonyl (C=O) groups excluding carboxylic acids is 1. The highest BCUT2D eigenvalue weighted by Crippen LogP contribution is 2.22. The molecule has 0 fully saturated rings. The number of aryl methyl sites for hydroxylation is 1. The average molecular weight is 338 g/mol. The first-order chi connectivity index (χ1) is 11.8. The van der Waals surface area contributed by atoms with E-state index in [1.165, 1.54) is 0 Å². The molecule has 0 atom stereocenters. The summed E-state index contributed by atoms with van der Waals surface area (Å²) < 4.78 is 7.43. The van der Waals surface area contributed by atoms with Gasteiger partial charge >= 0.3 is 0 Å². The number of hydrogen-bond donors (Lipinski definition) is 1. The van der Waals surface area contributed by atoms with E-state index in [2.05, 4.69) is 36.2 Å². The summed E-state index contributed by atoms with van der Waals surface area (Å²) in [4.78, 5) is 16.6. The van der Waals surface area contributed by atoms with Crippen LogP contribution in [0.2, 0.25) is 0 Å². The third kappa shape index (κ3) is 3.79. The van der Waals surface area contributed by atoms with Gasteiger partial charge in [-0.05, 0) is 25.1 Å². The molecule has 0 radical (unpaired) electrons. The van der Waals surface area contributed by atoms with E-state index in [-0.39, 0.29) is 17.9 Å². The third-order valence-electron chi connectivity index (χ3n) is 3.81. The predicted octanol–water partition coefficient (Wildman–Crippen LogP) is 3.40. The third-order valence-corrected chi connectivity index (χ3v) is 3.81. The Balaban J connectivity index is 1.69. The van der Waals surface area contributed by atoms with Crippen molar-refractivity contribution in [1.82, 2.24) is 20.1 Å². The zero-order valence-corrected chi connectivity index (χ0v) is 14.9. The SMILES string of the molecule is Cc1cc(C(=O)NCc2ncc(C(C)(C)C)o2)nn1-c1ccccc1. The minimum Gasteiger partial charge on any atom is -0.443 e. The fourth-order valence-corrected chi connectivity index (χ4v) is 2.40. The second-order valence-corrected chi connectivity index (χ2v) is 6.97. The lowest BCUT2D eigenvalue weighted by molar-refractivity contribution is 0.0941. The summed E-state index contributed by atoms with van der Waals surface area (Å²) in [5, 5.41) is 7.19. The van der Waals surface area contributed by atoms with Gasteiger partial charge in [0.15, 0.2) is 5.69 Å². The molecule has 6 nitrogen and oxygen atoms in total. The van der Waals surface area contributed by atoms with E-state index in [0.717, 1.165) is 17.1 Å². The molecule has 2 aromatic heterocycles. The summed E-state index contributed by atoms with van der Waals surface area (Å²) in [6, 6.07) is 11.5. The van der Waals surface area contributed by atoms with Crippen LogP contribution in [0.3, 0.4) is 0 Å². The molecule has 0 saturated heterocycles. The van der Waals surface area contributed by atoms with E-state index in [9.17, 15) is 4.79 Å². The van der Waals surface area contributed by atoms with Gasteiger partial charge in [-0.1, -0.05) is 39.0 Å². The van der Waals surface area contributed by atoms with Crippen LogP contribution in [0, 0.1) is 6.92 Å². The lowest BCUT2D eigenvalue weighted by Crippen LogP contribution is -2.23. The number of benzene rings is 1. The van der Waals surface area contributed by atoms with Gasteiger partial charge in [-0.2, -0.15) is 5.10 Å². The highest BCUT2D eigenvalue weighted by molar-refractivity contribution is 5.92. The number of rotatable bonds is 4. The Morgan fingerprint density at radius 1 is 1.24 bits per heavy atom. The van der Waals surface area contributed by atoms with Crippen molar-refractivity contribution in [3.63, 3.8) is 0 Å². The van der Waals surface area contributed by atoms with Gasteiger partial charge in [0, 0.05) is 11.1 Å². The molecular formula is C19H22N4O2. The summed E-state index contributed by atoms with van der Waals surface area (Å²) in [6.07, 6.45) is 1.70. The molecule has 2 heterocycles. The highest BCUT2D eigenvalue weighted by Gasteiger charge is 2.20. The Kier molecular flexibility index (Phi) is 4.44. The molecular weight excluding hydrogens is 316 g/mol. The van der Waals surface area contributed by atoms with Gasteiger partial charge < -0.3 is 9.73 Å². The van der Waals surface area contributed by atoms with Gasteiger partial charge in [0.25, 0.3) is 5.91 Å². The van der Waals surface area contributed by atoms with Crippen molar-refractivity contribution in [2.45, 2.75) is 39.7 Å². The molecule has 0 bridgehead atoms. The largest absolute Gasteiger partial charge is 0.443 e. The second kappa shape index (κ2) is 6.55. The Morgan fingerprint density at radius 2 is 1.96 bits per heavy atom. The van der Waals surface area contributed by atoms with Gasteiger partial charge in [0.2, 0.25) is 5.89 Å². The number of hydrogen-bond acceptors (Lipinski definition) is 4. The fourth-order valence-electron chi connectivity index (χ4n) is 2.40. The molecule has 0 aliphatic heterocycles. The number of nitrogens with zero attached hydrogens (tertiary/aromatic N) is 3. The van der Waals surface area contributed by atoms with Crippen molar-refractivity contribution < 1.29 is 9.21 Å². The molecule has 3 aromatic rings. The summed E-state index contributed by atoms with van der Waals surface area (Å²) in [5.74, 6) is 1.02. The van der Waals surface area contributed by atoms with Crippen molar-refractivity contribution in [3.8, 4) is 5.69 Å². The van der Waals surface area contributed by atoms with Crippen molar-refractivity contribution in [3.05, 3.63) is 65.6 Å². The van der Waals surface area contributed by atoms with E-state index in [1.807, 2.05) is 37.3 Å². The van der Waals surface area contributed by atoms with Crippen LogP contribution in [-0.4, -0.2) is 20.7 Å². The molecule has 0 spiro atoms. The first-order valence-electron chi connectivity index (χ1n) is 8.20. The Bertz CT molecular complexity index is 872. The van der Waals surface area contributed by atoms with Crippen LogP contribution in [0.25, 0.3) is 5.69 Å². The van der Waals surface area contributed by atoms with Crippen molar-refractivity contribution >= 4 is 5.91 Å². The molecule has 3 rings (SSSR count). The van der Waals surface area contributed by atoms with Crippen LogP contribution in [0.5, 0.6) is 0 Å². The van der Waals surface area contributed by atoms with E-state index >= 15 is 0 Å².